The number of fused-ring (bicyclic) bond motifs is 3. The summed E-state index contributed by atoms with van der Waals surface area (Å²) in [7, 11) is 2.71. The quantitative estimate of drug-likeness (QED) is 0.0959. The smallest absolute Gasteiger partial charge is 0.351 e. The maximum absolute atomic E-state index is 15.0. The molecule has 1 saturated heterocycles. The molecule has 0 radical (unpaired) electrons. The van der Waals surface area contributed by atoms with E-state index < -0.39 is 59.1 Å². The monoisotopic (exact) mass is 785 g/mol. The Kier molecular flexibility index (Phi) is 11.3. The minimum Gasteiger partial charge on any atom is -0.497 e. The zero-order chi connectivity index (χ0) is 40.2. The molecular formula is C43H47NO13. The lowest BCUT2D eigenvalue weighted by Crippen LogP contribution is -2.51. The predicted molar refractivity (Wildman–Crippen MR) is 202 cm³/mol. The van der Waals surface area contributed by atoms with Crippen molar-refractivity contribution in [1.29, 1.82) is 0 Å². The van der Waals surface area contributed by atoms with Gasteiger partial charge in [0.1, 0.15) is 22.9 Å². The number of carbonyl (C=O) groups is 4. The number of carbonyl (C=O) groups excluding carboxylic acids is 4. The molecule has 0 N–H and O–H groups in total. The second-order valence-electron chi connectivity index (χ2n) is 15.2. The fourth-order valence-electron chi connectivity index (χ4n) is 8.47. The van der Waals surface area contributed by atoms with Gasteiger partial charge in [0, 0.05) is 18.7 Å². The van der Waals surface area contributed by atoms with Crippen molar-refractivity contribution in [3.8, 4) is 11.5 Å². The number of ether oxygens (including phenoxy) is 7. The highest BCUT2D eigenvalue weighted by Gasteiger charge is 2.59. The van der Waals surface area contributed by atoms with Gasteiger partial charge in [-0.2, -0.15) is 0 Å². The topological polar surface area (TPSA) is 162 Å². The van der Waals surface area contributed by atoms with Crippen LogP contribution >= 0.6 is 0 Å². The molecule has 1 fully saturated rings. The van der Waals surface area contributed by atoms with Crippen molar-refractivity contribution in [3.63, 3.8) is 0 Å². The fraction of sp³-hybridized carbons (Fsp3) is 0.442. The first-order valence-corrected chi connectivity index (χ1v) is 19.1. The zero-order valence-corrected chi connectivity index (χ0v) is 32.5. The van der Waals surface area contributed by atoms with Crippen LogP contribution in [-0.4, -0.2) is 85.7 Å². The van der Waals surface area contributed by atoms with Crippen LogP contribution in [0, 0.1) is 0 Å². The Bertz CT molecular complexity index is 2050. The highest BCUT2D eigenvalue weighted by molar-refractivity contribution is 5.93. The van der Waals surface area contributed by atoms with E-state index in [1.54, 1.807) is 38.1 Å². The lowest BCUT2D eigenvalue weighted by molar-refractivity contribution is -0.190. The van der Waals surface area contributed by atoms with Gasteiger partial charge in [0.05, 0.1) is 44.6 Å². The van der Waals surface area contributed by atoms with Crippen LogP contribution in [-0.2, 0) is 49.3 Å². The minimum absolute atomic E-state index is 0.105. The summed E-state index contributed by atoms with van der Waals surface area (Å²) in [5.74, 6) is -1.15. The molecule has 0 bridgehead atoms. The maximum atomic E-state index is 15.0. The molecule has 1 aliphatic carbocycles. The number of nitrogens with zero attached hydrogens (tertiary/aromatic N) is 1. The van der Waals surface area contributed by atoms with Gasteiger partial charge in [0.2, 0.25) is 12.4 Å². The summed E-state index contributed by atoms with van der Waals surface area (Å²) >= 11 is 0. The van der Waals surface area contributed by atoms with Gasteiger partial charge in [0.15, 0.2) is 17.6 Å². The van der Waals surface area contributed by atoms with Gasteiger partial charge >= 0.3 is 23.9 Å². The van der Waals surface area contributed by atoms with E-state index in [9.17, 15) is 19.2 Å². The van der Waals surface area contributed by atoms with E-state index >= 15 is 0 Å². The van der Waals surface area contributed by atoms with E-state index in [0.29, 0.717) is 28.8 Å². The average molecular weight is 786 g/mol. The summed E-state index contributed by atoms with van der Waals surface area (Å²) in [6.45, 7) is 5.16. The molecule has 7 rings (SSSR count). The van der Waals surface area contributed by atoms with E-state index in [1.165, 1.54) is 45.0 Å². The predicted octanol–water partition coefficient (Wildman–Crippen LogP) is 6.30. The second kappa shape index (κ2) is 16.4. The molecule has 3 aromatic rings. The molecule has 0 saturated carbocycles. The first kappa shape index (κ1) is 39.5. The number of hydrogen-bond donors (Lipinski definition) is 0. The van der Waals surface area contributed by atoms with Crippen molar-refractivity contribution < 1.29 is 61.2 Å². The number of esters is 4. The first-order valence-electron chi connectivity index (χ1n) is 19.1. The SMILES string of the molecule is COC(=O)C[C@@](CCCC(C)(C)OC(=O)C=Cc1ccco1)(OC(=O)C=Cc1ccco1)C(=O)O[C@@H]1C(OC)=C[C@]23CCCN2CCc2cc4c(cc2[C@H]13)OCO4. The number of benzene rings is 1. The molecule has 0 unspecified atom stereocenters. The van der Waals surface area contributed by atoms with Crippen molar-refractivity contribution in [2.45, 2.75) is 87.6 Å². The standard InChI is InChI=1S/C43H47NO13/c1-41(2,56-35(45)13-11-29-9-5-21-51-29)16-7-18-43(26-37(47)50-4,57-36(46)14-12-30-10-6-22-52-30)40(48)55-39-34(49-3)25-42-17-8-19-44(42)20-15-28-23-32-33(54-27-53-32)24-31(28)38(39)42/h5-6,9-14,21-25,38-39H,7-8,15-20,26-27H2,1-4H3/t38-,39-,42+,43-/m1/s1. The van der Waals surface area contributed by atoms with E-state index in [0.717, 1.165) is 49.6 Å². The number of hydrogen-bond acceptors (Lipinski definition) is 14. The summed E-state index contributed by atoms with van der Waals surface area (Å²) in [6.07, 6.45) is 11.3. The van der Waals surface area contributed by atoms with Gasteiger partial charge in [-0.3, -0.25) is 9.69 Å². The van der Waals surface area contributed by atoms with Crippen molar-refractivity contribution in [3.05, 3.63) is 95.6 Å². The van der Waals surface area contributed by atoms with Crippen LogP contribution in [0.4, 0.5) is 0 Å². The van der Waals surface area contributed by atoms with Crippen LogP contribution in [0.5, 0.6) is 11.5 Å². The van der Waals surface area contributed by atoms with E-state index in [-0.39, 0.29) is 26.1 Å². The lowest BCUT2D eigenvalue weighted by Gasteiger charge is -2.40. The lowest BCUT2D eigenvalue weighted by atomic mass is 9.77. The van der Waals surface area contributed by atoms with Crippen molar-refractivity contribution in [2.75, 3.05) is 34.1 Å². The van der Waals surface area contributed by atoms with Gasteiger partial charge in [-0.15, -0.1) is 0 Å². The Balaban J connectivity index is 1.20. The molecule has 5 heterocycles. The Labute approximate surface area is 330 Å². The molecular weight excluding hydrogens is 738 g/mol. The Morgan fingerprint density at radius 1 is 0.912 bits per heavy atom. The summed E-state index contributed by atoms with van der Waals surface area (Å²) in [5, 5.41) is 0. The molecule has 4 aliphatic rings. The van der Waals surface area contributed by atoms with Crippen LogP contribution in [0.2, 0.25) is 0 Å². The second-order valence-corrected chi connectivity index (χ2v) is 15.2. The molecule has 4 atom stereocenters. The third kappa shape index (κ3) is 8.36. The van der Waals surface area contributed by atoms with Gasteiger partial charge in [-0.05, 0) is 125 Å². The Morgan fingerprint density at radius 3 is 2.25 bits per heavy atom. The first-order chi connectivity index (χ1) is 27.4. The molecule has 302 valence electrons. The van der Waals surface area contributed by atoms with Gasteiger partial charge in [0.25, 0.3) is 0 Å². The highest BCUT2D eigenvalue weighted by atomic mass is 16.7. The summed E-state index contributed by atoms with van der Waals surface area (Å²) in [4.78, 5) is 56.9. The Hall–Kier alpha value is -5.76. The molecule has 57 heavy (non-hydrogen) atoms. The molecule has 1 spiro atoms. The number of furan rings is 2. The third-order valence-corrected chi connectivity index (χ3v) is 11.1. The molecule has 0 amide bonds. The molecule has 3 aliphatic heterocycles. The largest absolute Gasteiger partial charge is 0.497 e. The zero-order valence-electron chi connectivity index (χ0n) is 32.5. The van der Waals surface area contributed by atoms with Crippen LogP contribution < -0.4 is 9.47 Å². The highest BCUT2D eigenvalue weighted by Crippen LogP contribution is 2.56. The summed E-state index contributed by atoms with van der Waals surface area (Å²) in [5.41, 5.74) is -1.76. The van der Waals surface area contributed by atoms with E-state index in [4.69, 9.17) is 42.0 Å². The molecule has 2 aromatic heterocycles. The van der Waals surface area contributed by atoms with Crippen LogP contribution in [0.1, 0.15) is 80.9 Å². The number of rotatable bonds is 15. The summed E-state index contributed by atoms with van der Waals surface area (Å²) < 4.78 is 51.4. The molecule has 1 aromatic carbocycles. The van der Waals surface area contributed by atoms with Gasteiger partial charge < -0.3 is 42.0 Å². The molecule has 14 heteroatoms. The van der Waals surface area contributed by atoms with Gasteiger partial charge in [-0.1, -0.05) is 0 Å². The van der Waals surface area contributed by atoms with Gasteiger partial charge in [-0.25, -0.2) is 14.4 Å². The summed E-state index contributed by atoms with van der Waals surface area (Å²) in [6, 6.07) is 10.7. The average Bonchev–Trinajstić information content (AvgIpc) is 4.04. The maximum Gasteiger partial charge on any atom is 0.351 e. The van der Waals surface area contributed by atoms with E-state index in [1.807, 2.05) is 12.1 Å². The van der Waals surface area contributed by atoms with Crippen molar-refractivity contribution >= 4 is 36.0 Å². The third-order valence-electron chi connectivity index (χ3n) is 11.1. The number of methoxy groups -OCH3 is 2. The van der Waals surface area contributed by atoms with E-state index in [2.05, 4.69) is 11.0 Å². The minimum atomic E-state index is -2.16. The van der Waals surface area contributed by atoms with Crippen LogP contribution in [0.25, 0.3) is 12.2 Å². The normalized spacial score (nSPS) is 22.2. The Morgan fingerprint density at radius 2 is 1.60 bits per heavy atom. The molecule has 14 nitrogen and oxygen atoms in total. The fourth-order valence-corrected chi connectivity index (χ4v) is 8.47. The van der Waals surface area contributed by atoms with Crippen LogP contribution in [0.3, 0.4) is 0 Å². The van der Waals surface area contributed by atoms with Crippen molar-refractivity contribution in [2.24, 2.45) is 0 Å². The van der Waals surface area contributed by atoms with Crippen LogP contribution in [0.15, 0.2) is 81.7 Å². The van der Waals surface area contributed by atoms with Crippen molar-refractivity contribution in [1.82, 2.24) is 4.90 Å².